The molecule has 0 aliphatic rings. The second-order valence-electron chi connectivity index (χ2n) is 2.63. The largest absolute Gasteiger partial charge is 0.368 e. The molecule has 0 fully saturated rings. The van der Waals surface area contributed by atoms with E-state index in [0.29, 0.717) is 5.82 Å². The third-order valence-corrected chi connectivity index (χ3v) is 1.84. The Morgan fingerprint density at radius 1 is 1.36 bits per heavy atom. The van der Waals surface area contributed by atoms with Crippen LogP contribution < -0.4 is 5.73 Å². The molecule has 0 aromatic carbocycles. The molecule has 0 aliphatic carbocycles. The van der Waals surface area contributed by atoms with Crippen molar-refractivity contribution < 1.29 is 0 Å². The van der Waals surface area contributed by atoms with Crippen molar-refractivity contribution >= 4 is 17.5 Å². The highest BCUT2D eigenvalue weighted by atomic mass is 35.5. The van der Waals surface area contributed by atoms with E-state index in [2.05, 4.69) is 20.1 Å². The first-order chi connectivity index (χ1) is 6.66. The molecule has 0 saturated heterocycles. The normalized spacial score (nSPS) is 10.4. The molecule has 2 rings (SSSR count). The first-order valence-corrected chi connectivity index (χ1v) is 4.20. The molecule has 0 spiro atoms. The Kier molecular flexibility index (Phi) is 2.05. The van der Waals surface area contributed by atoms with Gasteiger partial charge in [0.25, 0.3) is 0 Å². The summed E-state index contributed by atoms with van der Waals surface area (Å²) in [5.41, 5.74) is 6.18. The second kappa shape index (κ2) is 3.22. The molecule has 7 heteroatoms. The third kappa shape index (κ3) is 1.51. The van der Waals surface area contributed by atoms with Crippen LogP contribution in [0.2, 0.25) is 5.28 Å². The van der Waals surface area contributed by atoms with Gasteiger partial charge in [0.2, 0.25) is 11.2 Å². The van der Waals surface area contributed by atoms with Gasteiger partial charge < -0.3 is 5.73 Å². The molecule has 0 radical (unpaired) electrons. The Morgan fingerprint density at radius 3 is 2.71 bits per heavy atom. The summed E-state index contributed by atoms with van der Waals surface area (Å²) in [5.74, 6) is 0.517. The maximum absolute atomic E-state index is 5.65. The van der Waals surface area contributed by atoms with Gasteiger partial charge in [-0.3, -0.25) is 4.68 Å². The standard InChI is InChI=1S/C7H7ClN6/c1-14-4(2-3-10-14)5-11-6(8)13-7(9)12-5/h2-3H,1H3,(H2,9,11,12,13). The van der Waals surface area contributed by atoms with Crippen LogP contribution in [-0.4, -0.2) is 24.7 Å². The summed E-state index contributed by atoms with van der Waals surface area (Å²) in [6.07, 6.45) is 1.64. The summed E-state index contributed by atoms with van der Waals surface area (Å²) in [7, 11) is 1.78. The van der Waals surface area contributed by atoms with Gasteiger partial charge in [0.05, 0.1) is 0 Å². The number of nitrogen functional groups attached to an aromatic ring is 1. The molecule has 6 nitrogen and oxygen atoms in total. The number of rotatable bonds is 1. The maximum Gasteiger partial charge on any atom is 0.227 e. The van der Waals surface area contributed by atoms with Crippen LogP contribution >= 0.6 is 11.6 Å². The SMILES string of the molecule is Cn1nccc1-c1nc(N)nc(Cl)n1. The van der Waals surface area contributed by atoms with E-state index in [9.17, 15) is 0 Å². The number of hydrogen-bond acceptors (Lipinski definition) is 5. The summed E-state index contributed by atoms with van der Waals surface area (Å²) < 4.78 is 1.63. The first-order valence-electron chi connectivity index (χ1n) is 3.82. The molecule has 2 aromatic heterocycles. The van der Waals surface area contributed by atoms with Crippen molar-refractivity contribution in [1.29, 1.82) is 0 Å². The Morgan fingerprint density at radius 2 is 2.14 bits per heavy atom. The molecule has 2 aromatic rings. The lowest BCUT2D eigenvalue weighted by Crippen LogP contribution is -2.02. The summed E-state index contributed by atoms with van der Waals surface area (Å²) in [4.78, 5) is 11.6. The van der Waals surface area contributed by atoms with Gasteiger partial charge in [0.15, 0.2) is 5.82 Å². The lowest BCUT2D eigenvalue weighted by molar-refractivity contribution is 0.769. The van der Waals surface area contributed by atoms with Crippen molar-refractivity contribution in [3.63, 3.8) is 0 Å². The van der Waals surface area contributed by atoms with Gasteiger partial charge in [-0.1, -0.05) is 0 Å². The molecule has 72 valence electrons. The fourth-order valence-corrected chi connectivity index (χ4v) is 1.24. The lowest BCUT2D eigenvalue weighted by Gasteiger charge is -2.00. The Hall–Kier alpha value is -1.69. The minimum atomic E-state index is 0.0775. The van der Waals surface area contributed by atoms with Gasteiger partial charge in [-0.05, 0) is 17.7 Å². The summed E-state index contributed by atoms with van der Waals surface area (Å²) in [6, 6.07) is 1.77. The quantitative estimate of drug-likeness (QED) is 0.742. The zero-order valence-corrected chi connectivity index (χ0v) is 8.10. The molecule has 0 amide bonds. The van der Waals surface area contributed by atoms with Crippen molar-refractivity contribution in [1.82, 2.24) is 24.7 Å². The van der Waals surface area contributed by atoms with Crippen LogP contribution in [0.3, 0.4) is 0 Å². The van der Waals surface area contributed by atoms with E-state index in [-0.39, 0.29) is 11.2 Å². The molecular formula is C7H7ClN6. The summed E-state index contributed by atoms with van der Waals surface area (Å²) in [5, 5.41) is 4.06. The van der Waals surface area contributed by atoms with Gasteiger partial charge in [0.1, 0.15) is 5.69 Å². The fourth-order valence-electron chi connectivity index (χ4n) is 1.07. The van der Waals surface area contributed by atoms with E-state index in [0.717, 1.165) is 5.69 Å². The van der Waals surface area contributed by atoms with Crippen molar-refractivity contribution in [2.75, 3.05) is 5.73 Å². The van der Waals surface area contributed by atoms with Crippen LogP contribution in [0.1, 0.15) is 0 Å². The number of aromatic nitrogens is 5. The van der Waals surface area contributed by atoms with E-state index >= 15 is 0 Å². The van der Waals surface area contributed by atoms with Crippen molar-refractivity contribution in [3.05, 3.63) is 17.5 Å². The second-order valence-corrected chi connectivity index (χ2v) is 2.96. The molecule has 0 bridgehead atoms. The van der Waals surface area contributed by atoms with Crippen LogP contribution in [0, 0.1) is 0 Å². The Labute approximate surface area is 84.8 Å². The Balaban J connectivity index is 2.57. The predicted molar refractivity (Wildman–Crippen MR) is 51.5 cm³/mol. The van der Waals surface area contributed by atoms with E-state index in [4.69, 9.17) is 17.3 Å². The number of nitrogens with zero attached hydrogens (tertiary/aromatic N) is 5. The fraction of sp³-hybridized carbons (Fsp3) is 0.143. The van der Waals surface area contributed by atoms with Crippen molar-refractivity contribution in [2.45, 2.75) is 0 Å². The smallest absolute Gasteiger partial charge is 0.227 e. The zero-order valence-electron chi connectivity index (χ0n) is 7.35. The van der Waals surface area contributed by atoms with Gasteiger partial charge >= 0.3 is 0 Å². The van der Waals surface area contributed by atoms with E-state index in [1.807, 2.05) is 0 Å². The number of halogens is 1. The van der Waals surface area contributed by atoms with E-state index in [1.54, 1.807) is 24.0 Å². The molecule has 0 aliphatic heterocycles. The minimum Gasteiger partial charge on any atom is -0.368 e. The number of hydrogen-bond donors (Lipinski definition) is 1. The predicted octanol–water partition coefficient (Wildman–Crippen LogP) is 0.508. The highest BCUT2D eigenvalue weighted by Gasteiger charge is 2.08. The lowest BCUT2D eigenvalue weighted by atomic mass is 10.4. The average Bonchev–Trinajstić information content (AvgIpc) is 2.49. The summed E-state index contributed by atoms with van der Waals surface area (Å²) in [6.45, 7) is 0. The molecule has 2 N–H and O–H groups in total. The zero-order chi connectivity index (χ0) is 10.1. The molecule has 0 unspecified atom stereocenters. The number of anilines is 1. The number of nitrogens with two attached hydrogens (primary N) is 1. The van der Waals surface area contributed by atoms with Crippen LogP contribution in [0.15, 0.2) is 12.3 Å². The molecule has 14 heavy (non-hydrogen) atoms. The average molecular weight is 211 g/mol. The summed E-state index contributed by atoms with van der Waals surface area (Å²) >= 11 is 5.65. The third-order valence-electron chi connectivity index (χ3n) is 1.68. The van der Waals surface area contributed by atoms with E-state index < -0.39 is 0 Å². The molecular weight excluding hydrogens is 204 g/mol. The number of aryl methyl sites for hydroxylation is 1. The van der Waals surface area contributed by atoms with Crippen LogP contribution in [0.25, 0.3) is 11.5 Å². The van der Waals surface area contributed by atoms with Gasteiger partial charge in [0, 0.05) is 13.2 Å². The maximum atomic E-state index is 5.65. The van der Waals surface area contributed by atoms with Crippen LogP contribution in [-0.2, 0) is 7.05 Å². The first kappa shape index (κ1) is 8.89. The molecule has 0 saturated carbocycles. The van der Waals surface area contributed by atoms with Gasteiger partial charge in [-0.15, -0.1) is 0 Å². The Bertz CT molecular complexity index is 445. The molecule has 0 atom stereocenters. The highest BCUT2D eigenvalue weighted by molar-refractivity contribution is 6.28. The van der Waals surface area contributed by atoms with Crippen molar-refractivity contribution in [3.8, 4) is 11.5 Å². The topological polar surface area (TPSA) is 82.5 Å². The van der Waals surface area contributed by atoms with Crippen molar-refractivity contribution in [2.24, 2.45) is 7.05 Å². The highest BCUT2D eigenvalue weighted by Crippen LogP contribution is 2.15. The van der Waals surface area contributed by atoms with Gasteiger partial charge in [-0.25, -0.2) is 0 Å². The van der Waals surface area contributed by atoms with Gasteiger partial charge in [-0.2, -0.15) is 20.1 Å². The minimum absolute atomic E-state index is 0.0775. The monoisotopic (exact) mass is 210 g/mol. The van der Waals surface area contributed by atoms with Crippen LogP contribution in [0.5, 0.6) is 0 Å². The van der Waals surface area contributed by atoms with E-state index in [1.165, 1.54) is 0 Å². The van der Waals surface area contributed by atoms with Crippen LogP contribution in [0.4, 0.5) is 5.95 Å². The molecule has 2 heterocycles.